The number of ether oxygens (including phenoxy) is 1. The highest BCUT2D eigenvalue weighted by Gasteiger charge is 2.05. The number of nitrogens with zero attached hydrogens (tertiary/aromatic N) is 1. The number of fused-ring (bicyclic) bond motifs is 1. The molecule has 112 valence electrons. The molecule has 0 radical (unpaired) electrons. The van der Waals surface area contributed by atoms with E-state index in [0.717, 1.165) is 34.3 Å². The summed E-state index contributed by atoms with van der Waals surface area (Å²) in [6, 6.07) is 18.3. The van der Waals surface area contributed by atoms with E-state index in [0.29, 0.717) is 13.2 Å². The van der Waals surface area contributed by atoms with Crippen LogP contribution in [0, 0.1) is 6.92 Å². The second-order valence-corrected chi connectivity index (χ2v) is 5.42. The van der Waals surface area contributed by atoms with Crippen molar-refractivity contribution >= 4 is 10.9 Å². The molecule has 0 amide bonds. The Bertz CT molecular complexity index is 769. The van der Waals surface area contributed by atoms with E-state index in [1.54, 1.807) is 0 Å². The van der Waals surface area contributed by atoms with Crippen molar-refractivity contribution in [3.8, 4) is 5.75 Å². The Morgan fingerprint density at radius 1 is 1.05 bits per heavy atom. The third-order valence-electron chi connectivity index (χ3n) is 3.69. The predicted octanol–water partition coefficient (Wildman–Crippen LogP) is 3.62. The van der Waals surface area contributed by atoms with Crippen molar-refractivity contribution in [3.63, 3.8) is 0 Å². The van der Waals surface area contributed by atoms with Crippen molar-refractivity contribution in [2.75, 3.05) is 6.54 Å². The first kappa shape index (κ1) is 14.5. The Morgan fingerprint density at radius 2 is 1.86 bits per heavy atom. The molecular formula is C19H20N2O. The maximum atomic E-state index is 5.89. The SMILES string of the molecule is Cc1cc(CCN)nc2ccc(OCc3ccccc3)cc12. The molecule has 0 aliphatic carbocycles. The summed E-state index contributed by atoms with van der Waals surface area (Å²) in [6.45, 7) is 3.30. The topological polar surface area (TPSA) is 48.1 Å². The van der Waals surface area contributed by atoms with Gasteiger partial charge in [0.25, 0.3) is 0 Å². The minimum Gasteiger partial charge on any atom is -0.489 e. The van der Waals surface area contributed by atoms with Crippen LogP contribution < -0.4 is 10.5 Å². The maximum absolute atomic E-state index is 5.89. The van der Waals surface area contributed by atoms with E-state index in [4.69, 9.17) is 10.5 Å². The predicted molar refractivity (Wildman–Crippen MR) is 90.0 cm³/mol. The van der Waals surface area contributed by atoms with Crippen molar-refractivity contribution in [1.82, 2.24) is 4.98 Å². The van der Waals surface area contributed by atoms with Gasteiger partial charge in [-0.15, -0.1) is 0 Å². The summed E-state index contributed by atoms with van der Waals surface area (Å²) in [6.07, 6.45) is 0.809. The Kier molecular flexibility index (Phi) is 4.35. The number of aryl methyl sites for hydroxylation is 1. The number of pyridine rings is 1. The van der Waals surface area contributed by atoms with Crippen LogP contribution in [0.4, 0.5) is 0 Å². The van der Waals surface area contributed by atoms with Gasteiger partial charge < -0.3 is 10.5 Å². The molecule has 0 saturated carbocycles. The highest BCUT2D eigenvalue weighted by atomic mass is 16.5. The fourth-order valence-electron chi connectivity index (χ4n) is 2.55. The average molecular weight is 292 g/mol. The third kappa shape index (κ3) is 3.26. The van der Waals surface area contributed by atoms with Crippen LogP contribution >= 0.6 is 0 Å². The first-order valence-corrected chi connectivity index (χ1v) is 7.53. The standard InChI is InChI=1S/C19H20N2O/c1-14-11-16(9-10-20)21-19-8-7-17(12-18(14)19)22-13-15-5-3-2-4-6-15/h2-8,11-12H,9-10,13,20H2,1H3. The molecule has 0 aliphatic rings. The lowest BCUT2D eigenvalue weighted by molar-refractivity contribution is 0.306. The quantitative estimate of drug-likeness (QED) is 0.781. The Morgan fingerprint density at radius 3 is 2.64 bits per heavy atom. The van der Waals surface area contributed by atoms with Gasteiger partial charge in [0.15, 0.2) is 0 Å². The minimum atomic E-state index is 0.573. The number of hydrogen-bond donors (Lipinski definition) is 1. The molecule has 1 heterocycles. The molecule has 0 bridgehead atoms. The van der Waals surface area contributed by atoms with Crippen molar-refractivity contribution in [3.05, 3.63) is 71.4 Å². The maximum Gasteiger partial charge on any atom is 0.120 e. The van der Waals surface area contributed by atoms with E-state index >= 15 is 0 Å². The van der Waals surface area contributed by atoms with Gasteiger partial charge in [0, 0.05) is 17.5 Å². The van der Waals surface area contributed by atoms with Crippen molar-refractivity contribution in [1.29, 1.82) is 0 Å². The summed E-state index contributed by atoms with van der Waals surface area (Å²) in [7, 11) is 0. The normalized spacial score (nSPS) is 10.8. The lowest BCUT2D eigenvalue weighted by Gasteiger charge is -2.10. The Hall–Kier alpha value is -2.39. The van der Waals surface area contributed by atoms with Gasteiger partial charge in [0.05, 0.1) is 5.52 Å². The highest BCUT2D eigenvalue weighted by Crippen LogP contribution is 2.24. The molecule has 0 saturated heterocycles. The fourth-order valence-corrected chi connectivity index (χ4v) is 2.55. The molecule has 22 heavy (non-hydrogen) atoms. The van der Waals surface area contributed by atoms with Crippen LogP contribution in [0.3, 0.4) is 0 Å². The smallest absolute Gasteiger partial charge is 0.120 e. The molecule has 0 spiro atoms. The highest BCUT2D eigenvalue weighted by molar-refractivity contribution is 5.83. The van der Waals surface area contributed by atoms with Crippen LogP contribution in [0.2, 0.25) is 0 Å². The number of hydrogen-bond acceptors (Lipinski definition) is 3. The van der Waals surface area contributed by atoms with Gasteiger partial charge in [-0.25, -0.2) is 0 Å². The van der Waals surface area contributed by atoms with E-state index in [-0.39, 0.29) is 0 Å². The zero-order valence-electron chi connectivity index (χ0n) is 12.8. The van der Waals surface area contributed by atoms with E-state index in [1.165, 1.54) is 5.56 Å². The van der Waals surface area contributed by atoms with Crippen molar-refractivity contribution in [2.45, 2.75) is 20.0 Å². The van der Waals surface area contributed by atoms with Gasteiger partial charge in [0.1, 0.15) is 12.4 Å². The molecule has 3 heteroatoms. The number of rotatable bonds is 5. The molecule has 1 aromatic heterocycles. The molecular weight excluding hydrogens is 272 g/mol. The summed E-state index contributed by atoms with van der Waals surface area (Å²) in [5.41, 5.74) is 10.0. The molecule has 0 atom stereocenters. The second kappa shape index (κ2) is 6.58. The van der Waals surface area contributed by atoms with Crippen LogP contribution in [0.25, 0.3) is 10.9 Å². The molecule has 0 fully saturated rings. The first-order valence-electron chi connectivity index (χ1n) is 7.53. The summed E-state index contributed by atoms with van der Waals surface area (Å²) in [5, 5.41) is 1.13. The van der Waals surface area contributed by atoms with E-state index in [1.807, 2.05) is 30.3 Å². The number of benzene rings is 2. The van der Waals surface area contributed by atoms with Gasteiger partial charge in [-0.2, -0.15) is 0 Å². The van der Waals surface area contributed by atoms with Crippen LogP contribution in [0.1, 0.15) is 16.8 Å². The zero-order chi connectivity index (χ0) is 15.4. The first-order chi connectivity index (χ1) is 10.8. The second-order valence-electron chi connectivity index (χ2n) is 5.42. The largest absolute Gasteiger partial charge is 0.489 e. The summed E-state index contributed by atoms with van der Waals surface area (Å²) >= 11 is 0. The number of aromatic nitrogens is 1. The lowest BCUT2D eigenvalue weighted by Crippen LogP contribution is -2.05. The van der Waals surface area contributed by atoms with E-state index in [9.17, 15) is 0 Å². The molecule has 0 unspecified atom stereocenters. The van der Waals surface area contributed by atoms with Crippen LogP contribution in [0.5, 0.6) is 5.75 Å². The monoisotopic (exact) mass is 292 g/mol. The molecule has 2 N–H and O–H groups in total. The van der Waals surface area contributed by atoms with Crippen LogP contribution in [0.15, 0.2) is 54.6 Å². The van der Waals surface area contributed by atoms with Crippen LogP contribution in [-0.2, 0) is 13.0 Å². The van der Waals surface area contributed by atoms with Gasteiger partial charge >= 0.3 is 0 Å². The molecule has 3 rings (SSSR count). The van der Waals surface area contributed by atoms with Crippen LogP contribution in [-0.4, -0.2) is 11.5 Å². The molecule has 3 aromatic rings. The number of nitrogens with two attached hydrogens (primary N) is 1. The zero-order valence-corrected chi connectivity index (χ0v) is 12.8. The Labute approximate surface area is 130 Å². The minimum absolute atomic E-state index is 0.573. The average Bonchev–Trinajstić information content (AvgIpc) is 2.54. The van der Waals surface area contributed by atoms with Gasteiger partial charge in [-0.1, -0.05) is 30.3 Å². The Balaban J connectivity index is 1.83. The third-order valence-corrected chi connectivity index (χ3v) is 3.69. The fraction of sp³-hybridized carbons (Fsp3) is 0.211. The molecule has 0 aliphatic heterocycles. The van der Waals surface area contributed by atoms with E-state index < -0.39 is 0 Å². The van der Waals surface area contributed by atoms with Gasteiger partial charge in [0.2, 0.25) is 0 Å². The summed E-state index contributed by atoms with van der Waals surface area (Å²) in [4.78, 5) is 4.65. The van der Waals surface area contributed by atoms with Crippen molar-refractivity contribution in [2.24, 2.45) is 5.73 Å². The molecule has 2 aromatic carbocycles. The van der Waals surface area contributed by atoms with Crippen molar-refractivity contribution < 1.29 is 4.74 Å². The van der Waals surface area contributed by atoms with Gasteiger partial charge in [-0.3, -0.25) is 4.98 Å². The molecule has 3 nitrogen and oxygen atoms in total. The summed E-state index contributed by atoms with van der Waals surface area (Å²) in [5.74, 6) is 0.868. The summed E-state index contributed by atoms with van der Waals surface area (Å²) < 4.78 is 5.89. The van der Waals surface area contributed by atoms with E-state index in [2.05, 4.69) is 36.2 Å². The van der Waals surface area contributed by atoms with Gasteiger partial charge in [-0.05, 0) is 48.9 Å². The lowest BCUT2D eigenvalue weighted by atomic mass is 10.1.